The minimum Gasteiger partial charge on any atom is -0.339 e. The van der Waals surface area contributed by atoms with E-state index in [0.29, 0.717) is 13.0 Å². The summed E-state index contributed by atoms with van der Waals surface area (Å²) in [4.78, 5) is 13.4. The van der Waals surface area contributed by atoms with Gasteiger partial charge in [0.1, 0.15) is 0 Å². The van der Waals surface area contributed by atoms with Crippen molar-refractivity contribution in [2.75, 3.05) is 26.7 Å². The van der Waals surface area contributed by atoms with E-state index in [2.05, 4.69) is 18.8 Å². The molecular formula is C10H20N2O. The molecule has 76 valence electrons. The van der Waals surface area contributed by atoms with Crippen LogP contribution in [0.15, 0.2) is 12.7 Å². The van der Waals surface area contributed by atoms with E-state index < -0.39 is 0 Å². The van der Waals surface area contributed by atoms with Gasteiger partial charge in [0.05, 0.1) is 0 Å². The zero-order valence-electron chi connectivity index (χ0n) is 8.68. The smallest absolute Gasteiger partial charge is 0.224 e. The Morgan fingerprint density at radius 2 is 2.31 bits per heavy atom. The van der Waals surface area contributed by atoms with Crippen molar-refractivity contribution in [2.45, 2.75) is 19.8 Å². The number of rotatable bonds is 7. The van der Waals surface area contributed by atoms with Gasteiger partial charge in [0.25, 0.3) is 0 Å². The van der Waals surface area contributed by atoms with Gasteiger partial charge in [-0.1, -0.05) is 13.0 Å². The van der Waals surface area contributed by atoms with Crippen LogP contribution < -0.4 is 5.32 Å². The molecule has 0 aliphatic rings. The first-order valence-corrected chi connectivity index (χ1v) is 4.79. The van der Waals surface area contributed by atoms with Crippen molar-refractivity contribution in [3.63, 3.8) is 0 Å². The average Bonchev–Trinajstić information content (AvgIpc) is 2.14. The highest BCUT2D eigenvalue weighted by molar-refractivity contribution is 5.76. The first-order valence-electron chi connectivity index (χ1n) is 4.79. The van der Waals surface area contributed by atoms with Crippen molar-refractivity contribution in [3.8, 4) is 0 Å². The second kappa shape index (κ2) is 7.80. The van der Waals surface area contributed by atoms with Crippen molar-refractivity contribution in [1.82, 2.24) is 10.2 Å². The molecule has 0 aromatic heterocycles. The van der Waals surface area contributed by atoms with E-state index in [1.807, 2.05) is 11.9 Å². The van der Waals surface area contributed by atoms with Gasteiger partial charge in [0, 0.05) is 26.1 Å². The summed E-state index contributed by atoms with van der Waals surface area (Å²) in [6.07, 6.45) is 3.34. The quantitative estimate of drug-likeness (QED) is 0.599. The molecular weight excluding hydrogens is 164 g/mol. The molecule has 0 aromatic rings. The Bertz CT molecular complexity index is 157. The van der Waals surface area contributed by atoms with Crippen LogP contribution in [0.1, 0.15) is 19.8 Å². The first-order chi connectivity index (χ1) is 6.26. The lowest BCUT2D eigenvalue weighted by atomic mass is 10.3. The molecule has 0 unspecified atom stereocenters. The Hall–Kier alpha value is -0.830. The van der Waals surface area contributed by atoms with Crippen LogP contribution in [0.25, 0.3) is 0 Å². The number of nitrogens with zero attached hydrogens (tertiary/aromatic N) is 1. The lowest BCUT2D eigenvalue weighted by Crippen LogP contribution is -2.33. The minimum absolute atomic E-state index is 0.205. The van der Waals surface area contributed by atoms with Crippen molar-refractivity contribution in [3.05, 3.63) is 12.7 Å². The average molecular weight is 184 g/mol. The molecule has 0 radical (unpaired) electrons. The summed E-state index contributed by atoms with van der Waals surface area (Å²) in [5.74, 6) is 0.205. The Kier molecular flexibility index (Phi) is 7.30. The van der Waals surface area contributed by atoms with Crippen molar-refractivity contribution in [2.24, 2.45) is 0 Å². The van der Waals surface area contributed by atoms with Gasteiger partial charge in [0.2, 0.25) is 5.91 Å². The van der Waals surface area contributed by atoms with E-state index in [-0.39, 0.29) is 5.91 Å². The normalized spacial score (nSPS) is 9.69. The third-order valence-corrected chi connectivity index (χ3v) is 1.78. The summed E-state index contributed by atoms with van der Waals surface area (Å²) in [6, 6.07) is 0. The summed E-state index contributed by atoms with van der Waals surface area (Å²) >= 11 is 0. The van der Waals surface area contributed by atoms with E-state index in [1.54, 1.807) is 6.08 Å². The van der Waals surface area contributed by atoms with Gasteiger partial charge in [0.15, 0.2) is 0 Å². The van der Waals surface area contributed by atoms with Crippen LogP contribution >= 0.6 is 0 Å². The van der Waals surface area contributed by atoms with E-state index in [0.717, 1.165) is 19.5 Å². The Morgan fingerprint density at radius 3 is 2.77 bits per heavy atom. The number of hydrogen-bond donors (Lipinski definition) is 1. The molecule has 3 nitrogen and oxygen atoms in total. The van der Waals surface area contributed by atoms with Crippen LogP contribution in [0.5, 0.6) is 0 Å². The van der Waals surface area contributed by atoms with E-state index >= 15 is 0 Å². The molecule has 0 saturated carbocycles. The molecule has 1 N–H and O–H groups in total. The molecule has 0 fully saturated rings. The Morgan fingerprint density at radius 1 is 1.62 bits per heavy atom. The van der Waals surface area contributed by atoms with Gasteiger partial charge < -0.3 is 10.2 Å². The molecule has 1 amide bonds. The molecule has 0 aliphatic heterocycles. The standard InChI is InChI=1S/C10H20N2O/c1-4-8-12(9-5-2)10(13)6-7-11-3/h4,11H,1,5-9H2,2-3H3. The molecule has 0 aliphatic carbocycles. The van der Waals surface area contributed by atoms with Gasteiger partial charge in [-0.15, -0.1) is 6.58 Å². The van der Waals surface area contributed by atoms with Crippen molar-refractivity contribution in [1.29, 1.82) is 0 Å². The molecule has 0 aromatic carbocycles. The second-order valence-corrected chi connectivity index (χ2v) is 2.98. The molecule has 0 saturated heterocycles. The van der Waals surface area contributed by atoms with Crippen LogP contribution in [-0.4, -0.2) is 37.5 Å². The van der Waals surface area contributed by atoms with E-state index in [4.69, 9.17) is 0 Å². The maximum atomic E-state index is 11.5. The van der Waals surface area contributed by atoms with Gasteiger partial charge in [-0.25, -0.2) is 0 Å². The zero-order chi connectivity index (χ0) is 10.1. The summed E-state index contributed by atoms with van der Waals surface area (Å²) in [5, 5.41) is 2.96. The van der Waals surface area contributed by atoms with Gasteiger partial charge in [-0.2, -0.15) is 0 Å². The van der Waals surface area contributed by atoms with Crippen LogP contribution in [0.3, 0.4) is 0 Å². The topological polar surface area (TPSA) is 32.3 Å². The van der Waals surface area contributed by atoms with Gasteiger partial charge in [-0.3, -0.25) is 4.79 Å². The van der Waals surface area contributed by atoms with E-state index in [9.17, 15) is 4.79 Å². The fourth-order valence-electron chi connectivity index (χ4n) is 1.13. The molecule has 3 heteroatoms. The summed E-state index contributed by atoms with van der Waals surface area (Å²) in [7, 11) is 1.85. The number of hydrogen-bond acceptors (Lipinski definition) is 2. The van der Waals surface area contributed by atoms with Gasteiger partial charge in [-0.05, 0) is 13.5 Å². The fourth-order valence-corrected chi connectivity index (χ4v) is 1.13. The lowest BCUT2D eigenvalue weighted by molar-refractivity contribution is -0.130. The highest BCUT2D eigenvalue weighted by Crippen LogP contribution is 1.96. The second-order valence-electron chi connectivity index (χ2n) is 2.98. The van der Waals surface area contributed by atoms with Crippen molar-refractivity contribution < 1.29 is 4.79 Å². The van der Waals surface area contributed by atoms with E-state index in [1.165, 1.54) is 0 Å². The Labute approximate surface area is 80.8 Å². The number of carbonyl (C=O) groups excluding carboxylic acids is 1. The highest BCUT2D eigenvalue weighted by atomic mass is 16.2. The largest absolute Gasteiger partial charge is 0.339 e. The van der Waals surface area contributed by atoms with Crippen LogP contribution in [-0.2, 0) is 4.79 Å². The fraction of sp³-hybridized carbons (Fsp3) is 0.700. The SMILES string of the molecule is C=CCN(CCC)C(=O)CCNC. The number of amides is 1. The third kappa shape index (κ3) is 5.42. The molecule has 0 atom stereocenters. The molecule has 0 spiro atoms. The Balaban J connectivity index is 3.87. The summed E-state index contributed by atoms with van der Waals surface area (Å²) < 4.78 is 0. The van der Waals surface area contributed by atoms with Crippen LogP contribution in [0.4, 0.5) is 0 Å². The molecule has 0 heterocycles. The predicted molar refractivity (Wildman–Crippen MR) is 55.6 cm³/mol. The summed E-state index contributed by atoms with van der Waals surface area (Å²) in [5.41, 5.74) is 0. The van der Waals surface area contributed by atoms with Crippen LogP contribution in [0, 0.1) is 0 Å². The third-order valence-electron chi connectivity index (χ3n) is 1.78. The van der Waals surface area contributed by atoms with Gasteiger partial charge >= 0.3 is 0 Å². The monoisotopic (exact) mass is 184 g/mol. The molecule has 13 heavy (non-hydrogen) atoms. The molecule has 0 rings (SSSR count). The maximum absolute atomic E-state index is 11.5. The zero-order valence-corrected chi connectivity index (χ0v) is 8.68. The summed E-state index contributed by atoms with van der Waals surface area (Å²) in [6.45, 7) is 7.94. The first kappa shape index (κ1) is 12.2. The predicted octanol–water partition coefficient (Wildman–Crippen LogP) is 1.02. The molecule has 0 bridgehead atoms. The van der Waals surface area contributed by atoms with Crippen LogP contribution in [0.2, 0.25) is 0 Å². The minimum atomic E-state index is 0.205. The lowest BCUT2D eigenvalue weighted by Gasteiger charge is -2.20. The highest BCUT2D eigenvalue weighted by Gasteiger charge is 2.09. The number of nitrogens with one attached hydrogen (secondary N) is 1. The van der Waals surface area contributed by atoms with Crippen molar-refractivity contribution >= 4 is 5.91 Å². The number of carbonyl (C=O) groups is 1. The maximum Gasteiger partial charge on any atom is 0.224 e.